The van der Waals surface area contributed by atoms with Crippen molar-refractivity contribution in [2.24, 2.45) is 5.41 Å². The molecule has 1 aliphatic heterocycles. The van der Waals surface area contributed by atoms with Crippen LogP contribution < -0.4 is 10.1 Å². The lowest BCUT2D eigenvalue weighted by Crippen LogP contribution is -2.24. The molecule has 1 heterocycles. The summed E-state index contributed by atoms with van der Waals surface area (Å²) in [5.74, 6) is 0.624. The topological polar surface area (TPSA) is 38.3 Å². The molecule has 1 unspecified atom stereocenters. The minimum atomic E-state index is -0.0511. The van der Waals surface area contributed by atoms with E-state index >= 15 is 0 Å². The van der Waals surface area contributed by atoms with E-state index in [1.807, 2.05) is 18.2 Å². The normalized spacial score (nSPS) is 16.9. The molecule has 0 bridgehead atoms. The molecule has 1 atom stereocenters. The van der Waals surface area contributed by atoms with Gasteiger partial charge in [-0.1, -0.05) is 42.8 Å². The van der Waals surface area contributed by atoms with Crippen LogP contribution in [0.4, 0.5) is 0 Å². The maximum Gasteiger partial charge on any atom is 0.255 e. The molecule has 4 heteroatoms. The zero-order valence-corrected chi connectivity index (χ0v) is 13.2. The van der Waals surface area contributed by atoms with E-state index < -0.39 is 0 Å². The predicted octanol–water partition coefficient (Wildman–Crippen LogP) is 3.68. The van der Waals surface area contributed by atoms with E-state index in [0.717, 1.165) is 12.0 Å². The summed E-state index contributed by atoms with van der Waals surface area (Å²) < 4.78 is 5.56. The van der Waals surface area contributed by atoms with Crippen LogP contribution in [0.2, 0.25) is 0 Å². The highest BCUT2D eigenvalue weighted by Crippen LogP contribution is 2.37. The Morgan fingerprint density at radius 1 is 1.42 bits per heavy atom. The summed E-state index contributed by atoms with van der Waals surface area (Å²) >= 11 is 3.72. The summed E-state index contributed by atoms with van der Waals surface area (Å²) in [5.41, 5.74) is 1.99. The molecular formula is C15H20BrNO2. The number of rotatable bonds is 2. The van der Waals surface area contributed by atoms with Crippen molar-refractivity contribution < 1.29 is 9.53 Å². The van der Waals surface area contributed by atoms with Crippen LogP contribution in [-0.2, 0) is 0 Å². The van der Waals surface area contributed by atoms with Crippen molar-refractivity contribution in [3.8, 4) is 5.75 Å². The highest BCUT2D eigenvalue weighted by Gasteiger charge is 2.21. The van der Waals surface area contributed by atoms with Crippen LogP contribution in [0.25, 0.3) is 0 Å². The fourth-order valence-corrected chi connectivity index (χ4v) is 3.38. The number of hydrogen-bond acceptors (Lipinski definition) is 2. The molecule has 1 N–H and O–H groups in total. The third-order valence-electron chi connectivity index (χ3n) is 3.05. The number of alkyl halides is 1. The van der Waals surface area contributed by atoms with Gasteiger partial charge in [0.25, 0.3) is 5.91 Å². The van der Waals surface area contributed by atoms with E-state index in [0.29, 0.717) is 24.5 Å². The molecule has 0 aliphatic carbocycles. The minimum Gasteiger partial charge on any atom is -0.491 e. The van der Waals surface area contributed by atoms with E-state index in [-0.39, 0.29) is 16.1 Å². The van der Waals surface area contributed by atoms with Gasteiger partial charge >= 0.3 is 0 Å². The molecule has 19 heavy (non-hydrogen) atoms. The number of halogens is 1. The molecule has 0 radical (unpaired) electrons. The van der Waals surface area contributed by atoms with Gasteiger partial charge in [0.2, 0.25) is 0 Å². The molecule has 104 valence electrons. The van der Waals surface area contributed by atoms with Crippen LogP contribution in [0.1, 0.15) is 47.9 Å². The Labute approximate surface area is 122 Å². The predicted molar refractivity (Wildman–Crippen MR) is 80.0 cm³/mol. The summed E-state index contributed by atoms with van der Waals surface area (Å²) in [7, 11) is 0. The second-order valence-electron chi connectivity index (χ2n) is 6.09. The standard InChI is InChI=1S/C15H20BrNO2/c1-15(2,3)9-12(16)10-4-5-13-11(8-10)14(18)17-6-7-19-13/h4-5,8,12H,6-7,9H2,1-3H3,(H,17,18). The SMILES string of the molecule is CC(C)(C)CC(Br)c1ccc2c(c1)C(=O)NCCO2. The zero-order valence-electron chi connectivity index (χ0n) is 11.6. The van der Waals surface area contributed by atoms with Crippen LogP contribution >= 0.6 is 15.9 Å². The molecule has 0 aromatic heterocycles. The molecule has 2 rings (SSSR count). The second-order valence-corrected chi connectivity index (χ2v) is 7.20. The lowest BCUT2D eigenvalue weighted by atomic mass is 9.88. The molecule has 1 aromatic carbocycles. The lowest BCUT2D eigenvalue weighted by molar-refractivity contribution is 0.0957. The number of hydrogen-bond donors (Lipinski definition) is 1. The van der Waals surface area contributed by atoms with Crippen LogP contribution in [-0.4, -0.2) is 19.1 Å². The van der Waals surface area contributed by atoms with Crippen LogP contribution in [0.15, 0.2) is 18.2 Å². The Bertz CT molecular complexity index is 480. The smallest absolute Gasteiger partial charge is 0.255 e. The van der Waals surface area contributed by atoms with Crippen molar-refractivity contribution in [1.29, 1.82) is 0 Å². The van der Waals surface area contributed by atoms with Crippen molar-refractivity contribution in [1.82, 2.24) is 5.32 Å². The fraction of sp³-hybridized carbons (Fsp3) is 0.533. The number of amides is 1. The number of ether oxygens (including phenoxy) is 1. The van der Waals surface area contributed by atoms with Gasteiger partial charge in [0.05, 0.1) is 12.1 Å². The second kappa shape index (κ2) is 5.53. The fourth-order valence-electron chi connectivity index (χ4n) is 2.12. The van der Waals surface area contributed by atoms with Gasteiger partial charge in [-0.3, -0.25) is 4.79 Å². The molecule has 0 saturated carbocycles. The Morgan fingerprint density at radius 2 is 2.16 bits per heavy atom. The molecule has 0 spiro atoms. The third kappa shape index (κ3) is 3.72. The first kappa shape index (κ1) is 14.4. The van der Waals surface area contributed by atoms with Gasteiger partial charge in [-0.15, -0.1) is 0 Å². The van der Waals surface area contributed by atoms with Crippen LogP contribution in [0.3, 0.4) is 0 Å². The number of carbonyl (C=O) groups excluding carboxylic acids is 1. The van der Waals surface area contributed by atoms with Crippen LogP contribution in [0, 0.1) is 5.41 Å². The molecule has 0 saturated heterocycles. The Balaban J connectivity index is 2.27. The third-order valence-corrected chi connectivity index (χ3v) is 3.90. The van der Waals surface area contributed by atoms with Crippen molar-refractivity contribution in [3.63, 3.8) is 0 Å². The van der Waals surface area contributed by atoms with Gasteiger partial charge in [-0.2, -0.15) is 0 Å². The van der Waals surface area contributed by atoms with Gasteiger partial charge in [-0.05, 0) is 29.5 Å². The summed E-state index contributed by atoms with van der Waals surface area (Å²) in [6.07, 6.45) is 1.01. The maximum absolute atomic E-state index is 12.0. The first-order valence-electron chi connectivity index (χ1n) is 6.56. The lowest BCUT2D eigenvalue weighted by Gasteiger charge is -2.22. The molecule has 1 amide bonds. The Hall–Kier alpha value is -1.03. The number of fused-ring (bicyclic) bond motifs is 1. The van der Waals surface area contributed by atoms with E-state index in [9.17, 15) is 4.79 Å². The van der Waals surface area contributed by atoms with Gasteiger partial charge in [0.1, 0.15) is 12.4 Å². The Kier molecular flexibility index (Phi) is 4.19. The van der Waals surface area contributed by atoms with E-state index in [1.165, 1.54) is 0 Å². The quantitative estimate of drug-likeness (QED) is 0.842. The van der Waals surface area contributed by atoms with Gasteiger partial charge in [-0.25, -0.2) is 0 Å². The molecule has 1 aliphatic rings. The van der Waals surface area contributed by atoms with E-state index in [4.69, 9.17) is 4.74 Å². The first-order valence-corrected chi connectivity index (χ1v) is 7.47. The summed E-state index contributed by atoms with van der Waals surface area (Å²) in [5, 5.41) is 2.84. The van der Waals surface area contributed by atoms with E-state index in [2.05, 4.69) is 42.0 Å². The van der Waals surface area contributed by atoms with E-state index in [1.54, 1.807) is 0 Å². The minimum absolute atomic E-state index is 0.0511. The Morgan fingerprint density at radius 3 is 2.84 bits per heavy atom. The number of carbonyl (C=O) groups is 1. The molecular weight excluding hydrogens is 306 g/mol. The van der Waals surface area contributed by atoms with Crippen molar-refractivity contribution >= 4 is 21.8 Å². The molecule has 3 nitrogen and oxygen atoms in total. The van der Waals surface area contributed by atoms with Crippen molar-refractivity contribution in [2.75, 3.05) is 13.2 Å². The zero-order chi connectivity index (χ0) is 14.0. The largest absolute Gasteiger partial charge is 0.491 e. The van der Waals surface area contributed by atoms with Crippen molar-refractivity contribution in [3.05, 3.63) is 29.3 Å². The molecule has 1 aromatic rings. The highest BCUT2D eigenvalue weighted by molar-refractivity contribution is 9.09. The highest BCUT2D eigenvalue weighted by atomic mass is 79.9. The number of benzene rings is 1. The number of nitrogens with one attached hydrogen (secondary N) is 1. The van der Waals surface area contributed by atoms with Gasteiger partial charge < -0.3 is 10.1 Å². The average molecular weight is 326 g/mol. The van der Waals surface area contributed by atoms with Gasteiger partial charge in [0, 0.05) is 4.83 Å². The van der Waals surface area contributed by atoms with Crippen molar-refractivity contribution in [2.45, 2.75) is 32.0 Å². The van der Waals surface area contributed by atoms with Gasteiger partial charge in [0.15, 0.2) is 0 Å². The summed E-state index contributed by atoms with van der Waals surface area (Å²) in [6, 6.07) is 5.86. The maximum atomic E-state index is 12.0. The van der Waals surface area contributed by atoms with Crippen LogP contribution in [0.5, 0.6) is 5.75 Å². The average Bonchev–Trinajstić information content (AvgIpc) is 2.49. The summed E-state index contributed by atoms with van der Waals surface area (Å²) in [4.78, 5) is 12.2. The molecule has 0 fully saturated rings. The first-order chi connectivity index (χ1) is 8.87. The monoisotopic (exact) mass is 325 g/mol. The summed E-state index contributed by atoms with van der Waals surface area (Å²) in [6.45, 7) is 7.71.